The van der Waals surface area contributed by atoms with E-state index in [4.69, 9.17) is 0 Å². The number of benzene rings is 2. The molecule has 2 aromatic carbocycles. The Balaban J connectivity index is 1.84. The number of rotatable bonds is 6. The molecule has 0 unspecified atom stereocenters. The topological polar surface area (TPSA) is 128 Å². The summed E-state index contributed by atoms with van der Waals surface area (Å²) in [7, 11) is 2.77. The van der Waals surface area contributed by atoms with Gasteiger partial charge in [0, 0.05) is 27.9 Å². The second-order valence-corrected chi connectivity index (χ2v) is 10.4. The summed E-state index contributed by atoms with van der Waals surface area (Å²) in [5.74, 6) is -0.505. The fraction of sp³-hybridized carbons (Fsp3) is 0.231. The molecule has 1 aliphatic rings. The Morgan fingerprint density at radius 3 is 2.51 bits per heavy atom. The highest BCUT2D eigenvalue weighted by Gasteiger charge is 2.31. The van der Waals surface area contributed by atoms with Crippen LogP contribution in [-0.2, 0) is 11.9 Å². The summed E-state index contributed by atoms with van der Waals surface area (Å²) in [5.41, 5.74) is 1.47. The van der Waals surface area contributed by atoms with Crippen LogP contribution in [0, 0.1) is 16.3 Å². The van der Waals surface area contributed by atoms with Gasteiger partial charge in [0.2, 0.25) is 0 Å². The van der Waals surface area contributed by atoms with E-state index in [-0.39, 0.29) is 34.0 Å². The molecule has 1 saturated carbocycles. The third-order valence-corrected chi connectivity index (χ3v) is 7.17. The minimum atomic E-state index is -0.633. The molecule has 0 saturated heterocycles. The maximum Gasteiger partial charge on any atom is 0.343 e. The van der Waals surface area contributed by atoms with Gasteiger partial charge in [-0.2, -0.15) is 0 Å². The number of nitrogens with zero attached hydrogens (tertiary/aromatic N) is 3. The van der Waals surface area contributed by atoms with Crippen LogP contribution in [0.15, 0.2) is 56.8 Å². The van der Waals surface area contributed by atoms with E-state index >= 15 is 0 Å². The molecule has 11 nitrogen and oxygen atoms in total. The van der Waals surface area contributed by atoms with Gasteiger partial charge in [-0.05, 0) is 78.8 Å². The van der Waals surface area contributed by atoms with Crippen LogP contribution < -0.4 is 32.9 Å². The van der Waals surface area contributed by atoms with Gasteiger partial charge in [0.15, 0.2) is 0 Å². The van der Waals surface area contributed by atoms with Crippen molar-refractivity contribution in [1.82, 2.24) is 19.2 Å². The van der Waals surface area contributed by atoms with Crippen LogP contribution in [0.3, 0.4) is 0 Å². The molecule has 0 spiro atoms. The third kappa shape index (κ3) is 4.83. The molecule has 0 atom stereocenters. The molecule has 2 aromatic heterocycles. The van der Waals surface area contributed by atoms with E-state index in [1.54, 1.807) is 30.3 Å². The molecule has 1 aliphatic carbocycles. The van der Waals surface area contributed by atoms with Crippen LogP contribution in [0.2, 0.25) is 0 Å². The van der Waals surface area contributed by atoms with E-state index in [9.17, 15) is 23.6 Å². The number of anilines is 3. The fourth-order valence-electron chi connectivity index (χ4n) is 4.55. The summed E-state index contributed by atoms with van der Waals surface area (Å²) in [5, 5.41) is 5.59. The van der Waals surface area contributed by atoms with Crippen LogP contribution in [0.4, 0.5) is 26.4 Å². The van der Waals surface area contributed by atoms with Crippen molar-refractivity contribution in [2.24, 2.45) is 7.05 Å². The van der Waals surface area contributed by atoms with Crippen molar-refractivity contribution in [2.45, 2.75) is 25.8 Å². The van der Waals surface area contributed by atoms with Crippen molar-refractivity contribution < 1.29 is 14.0 Å². The molecule has 0 bridgehead atoms. The molecule has 1 fully saturated rings. The normalized spacial score (nSPS) is 12.9. The number of hydrogen-bond donors (Lipinski definition) is 3. The lowest BCUT2D eigenvalue weighted by atomic mass is 10.1. The molecule has 3 N–H and O–H groups in total. The minimum absolute atomic E-state index is 0.0580. The number of aromatic nitrogens is 3. The third-order valence-electron chi connectivity index (χ3n) is 6.50. The van der Waals surface area contributed by atoms with E-state index in [1.807, 2.05) is 22.6 Å². The monoisotopic (exact) mass is 646 g/mol. The van der Waals surface area contributed by atoms with Crippen LogP contribution in [-0.4, -0.2) is 26.8 Å². The van der Waals surface area contributed by atoms with Gasteiger partial charge in [0.1, 0.15) is 17.0 Å². The highest BCUT2D eigenvalue weighted by Crippen LogP contribution is 2.34. The smallest absolute Gasteiger partial charge is 0.338 e. The highest BCUT2D eigenvalue weighted by molar-refractivity contribution is 14.1. The molecule has 2 heterocycles. The van der Waals surface area contributed by atoms with E-state index in [0.29, 0.717) is 27.8 Å². The number of carbonyl (C=O) groups excluding carboxylic acids is 1. The number of hydroxylamine groups is 1. The highest BCUT2D eigenvalue weighted by atomic mass is 127. The van der Waals surface area contributed by atoms with Crippen molar-refractivity contribution in [1.29, 1.82) is 0 Å². The molecule has 0 aliphatic heterocycles. The number of carbonyl (C=O) groups is 1. The van der Waals surface area contributed by atoms with Crippen LogP contribution in [0.25, 0.3) is 16.6 Å². The van der Waals surface area contributed by atoms with Crippen LogP contribution >= 0.6 is 22.6 Å². The quantitative estimate of drug-likeness (QED) is 0.217. The SMILES string of the molecule is CONC(=O)Nc1cccc(-n2c(=O)n(C3CC3)c(=O)c3c(Nc4ccc(I)cc4F)n(C)c(=O)c(C)c32)c1. The van der Waals surface area contributed by atoms with Gasteiger partial charge in [0.25, 0.3) is 11.1 Å². The molecule has 202 valence electrons. The molecule has 39 heavy (non-hydrogen) atoms. The Bertz CT molecular complexity index is 1830. The number of amides is 2. The minimum Gasteiger partial charge on any atom is -0.338 e. The Morgan fingerprint density at radius 2 is 1.85 bits per heavy atom. The number of fused-ring (bicyclic) bond motifs is 1. The molecule has 2 amide bonds. The lowest BCUT2D eigenvalue weighted by Crippen LogP contribution is -2.41. The van der Waals surface area contributed by atoms with E-state index in [2.05, 4.69) is 21.0 Å². The van der Waals surface area contributed by atoms with Gasteiger partial charge in [-0.25, -0.2) is 19.5 Å². The summed E-state index contributed by atoms with van der Waals surface area (Å²) >= 11 is 1.98. The van der Waals surface area contributed by atoms with E-state index < -0.39 is 28.7 Å². The lowest BCUT2D eigenvalue weighted by molar-refractivity contribution is 0.114. The van der Waals surface area contributed by atoms with Gasteiger partial charge < -0.3 is 10.6 Å². The van der Waals surface area contributed by atoms with Crippen LogP contribution in [0.5, 0.6) is 0 Å². The standard InChI is InChI=1S/C26H24FIN6O5/c1-13-21-20(22(32(2)23(13)35)30-19-10-7-14(28)11-18(19)27)24(36)34(16-8-9-16)26(38)33(21)17-6-4-5-15(12-17)29-25(37)31-39-3/h4-7,10-12,16,30H,8-9H2,1-3H3,(H2,29,31,37). The molecular weight excluding hydrogens is 622 g/mol. The first-order valence-corrected chi connectivity index (χ1v) is 13.0. The first-order chi connectivity index (χ1) is 18.6. The summed E-state index contributed by atoms with van der Waals surface area (Å²) < 4.78 is 19.2. The first-order valence-electron chi connectivity index (χ1n) is 12.0. The van der Waals surface area contributed by atoms with Crippen molar-refractivity contribution >= 4 is 56.7 Å². The Labute approximate surface area is 234 Å². The Hall–Kier alpha value is -3.98. The van der Waals surface area contributed by atoms with Crippen molar-refractivity contribution in [3.8, 4) is 5.69 Å². The molecular formula is C26H24FIN6O5. The van der Waals surface area contributed by atoms with Crippen molar-refractivity contribution in [3.63, 3.8) is 0 Å². The van der Waals surface area contributed by atoms with E-state index in [1.165, 1.54) is 46.9 Å². The lowest BCUT2D eigenvalue weighted by Gasteiger charge is -2.21. The Kier molecular flexibility index (Phi) is 7.03. The molecule has 0 radical (unpaired) electrons. The number of aryl methyl sites for hydroxylation is 1. The van der Waals surface area contributed by atoms with E-state index in [0.717, 1.165) is 0 Å². The first kappa shape index (κ1) is 26.6. The van der Waals surface area contributed by atoms with Crippen molar-refractivity contribution in [3.05, 3.63) is 88.6 Å². The number of nitrogens with one attached hydrogen (secondary N) is 3. The summed E-state index contributed by atoms with van der Waals surface area (Å²) in [6, 6.07) is 10.0. The average molecular weight is 646 g/mol. The number of urea groups is 1. The molecule has 5 rings (SSSR count). The zero-order valence-corrected chi connectivity index (χ0v) is 23.3. The summed E-state index contributed by atoms with van der Waals surface area (Å²) in [6.07, 6.45) is 1.30. The largest absolute Gasteiger partial charge is 0.343 e. The molecule has 13 heteroatoms. The predicted octanol–water partition coefficient (Wildman–Crippen LogP) is 3.66. The number of hydrogen-bond acceptors (Lipinski definition) is 6. The molecule has 4 aromatic rings. The summed E-state index contributed by atoms with van der Waals surface area (Å²) in [6.45, 7) is 1.53. The second-order valence-electron chi connectivity index (χ2n) is 9.15. The van der Waals surface area contributed by atoms with Gasteiger partial charge in [-0.15, -0.1) is 0 Å². The number of pyridine rings is 1. The fourth-order valence-corrected chi connectivity index (χ4v) is 5.00. The number of halogens is 2. The van der Waals surface area contributed by atoms with Gasteiger partial charge in [-0.1, -0.05) is 6.07 Å². The van der Waals surface area contributed by atoms with Crippen LogP contribution in [0.1, 0.15) is 24.4 Å². The van der Waals surface area contributed by atoms with Gasteiger partial charge >= 0.3 is 11.7 Å². The average Bonchev–Trinajstić information content (AvgIpc) is 3.72. The summed E-state index contributed by atoms with van der Waals surface area (Å²) in [4.78, 5) is 57.7. The zero-order chi connectivity index (χ0) is 28.0. The predicted molar refractivity (Wildman–Crippen MR) is 154 cm³/mol. The maximum atomic E-state index is 14.8. The second kappa shape index (κ2) is 10.3. The van der Waals surface area contributed by atoms with Gasteiger partial charge in [0.05, 0.1) is 24.0 Å². The zero-order valence-electron chi connectivity index (χ0n) is 21.2. The van der Waals surface area contributed by atoms with Gasteiger partial charge in [-0.3, -0.25) is 28.1 Å². The van der Waals surface area contributed by atoms with Crippen molar-refractivity contribution in [2.75, 3.05) is 17.7 Å². The Morgan fingerprint density at radius 1 is 1.10 bits per heavy atom. The maximum absolute atomic E-state index is 14.8.